The number of anilines is 1. The van der Waals surface area contributed by atoms with Gasteiger partial charge in [0.15, 0.2) is 0 Å². The van der Waals surface area contributed by atoms with Crippen LogP contribution in [-0.2, 0) is 0 Å². The molecule has 1 aromatic heterocycles. The number of nitrogen functional groups attached to an aromatic ring is 1. The average molecular weight is 272 g/mol. The molecule has 0 aliphatic rings. The first-order valence-corrected chi connectivity index (χ1v) is 6.47. The van der Waals surface area contributed by atoms with Gasteiger partial charge in [0.25, 0.3) is 5.91 Å². The minimum Gasteiger partial charge on any atom is -0.399 e. The number of nitrogens with two attached hydrogens (primary N) is 1. The highest BCUT2D eigenvalue weighted by atomic mass is 16.2. The van der Waals surface area contributed by atoms with E-state index >= 15 is 0 Å². The summed E-state index contributed by atoms with van der Waals surface area (Å²) in [6, 6.07) is 5.27. The van der Waals surface area contributed by atoms with Crippen LogP contribution < -0.4 is 5.73 Å². The molecule has 0 aliphatic heterocycles. The van der Waals surface area contributed by atoms with E-state index in [2.05, 4.69) is 5.10 Å². The van der Waals surface area contributed by atoms with E-state index in [0.29, 0.717) is 11.3 Å². The van der Waals surface area contributed by atoms with Gasteiger partial charge in [-0.15, -0.1) is 0 Å². The van der Waals surface area contributed by atoms with Gasteiger partial charge in [0, 0.05) is 25.5 Å². The number of amides is 1. The summed E-state index contributed by atoms with van der Waals surface area (Å²) in [7, 11) is 3.46. The molecule has 0 bridgehead atoms. The Bertz CT molecular complexity index is 671. The van der Waals surface area contributed by atoms with Crippen LogP contribution in [0.5, 0.6) is 0 Å². The zero-order valence-electron chi connectivity index (χ0n) is 12.6. The molecule has 106 valence electrons. The molecule has 2 aromatic rings. The zero-order valence-corrected chi connectivity index (χ0v) is 12.6. The number of carbonyl (C=O) groups is 1. The van der Waals surface area contributed by atoms with E-state index in [1.807, 2.05) is 20.8 Å². The minimum absolute atomic E-state index is 0.0646. The monoisotopic (exact) mass is 272 g/mol. The van der Waals surface area contributed by atoms with Crippen LogP contribution in [-0.4, -0.2) is 34.7 Å². The largest absolute Gasteiger partial charge is 0.399 e. The van der Waals surface area contributed by atoms with Crippen molar-refractivity contribution in [2.75, 3.05) is 19.8 Å². The summed E-state index contributed by atoms with van der Waals surface area (Å²) in [5, 5.41) is 4.51. The van der Waals surface area contributed by atoms with Gasteiger partial charge in [0.2, 0.25) is 0 Å². The Balaban J connectivity index is 2.69. The third-order valence-corrected chi connectivity index (χ3v) is 3.54. The molecule has 20 heavy (non-hydrogen) atoms. The van der Waals surface area contributed by atoms with Gasteiger partial charge in [0.1, 0.15) is 0 Å². The lowest BCUT2D eigenvalue weighted by Crippen LogP contribution is -2.23. The van der Waals surface area contributed by atoms with Gasteiger partial charge < -0.3 is 10.6 Å². The molecule has 0 unspecified atom stereocenters. The first-order chi connectivity index (χ1) is 9.32. The van der Waals surface area contributed by atoms with E-state index in [4.69, 9.17) is 5.73 Å². The fourth-order valence-corrected chi connectivity index (χ4v) is 2.10. The standard InChI is InChI=1S/C15H20N4O/c1-9-10(2)17-19(11(9)3)14-8-12(16)6-7-13(14)15(20)18(4)5/h6-8H,16H2,1-5H3. The molecule has 2 rings (SSSR count). The van der Waals surface area contributed by atoms with Gasteiger partial charge in [-0.1, -0.05) is 0 Å². The fraction of sp³-hybridized carbons (Fsp3) is 0.333. The molecule has 0 saturated heterocycles. The number of hydrogen-bond donors (Lipinski definition) is 1. The molecule has 0 atom stereocenters. The summed E-state index contributed by atoms with van der Waals surface area (Å²) in [4.78, 5) is 13.8. The van der Waals surface area contributed by atoms with E-state index in [0.717, 1.165) is 22.6 Å². The van der Waals surface area contributed by atoms with Crippen molar-refractivity contribution in [3.63, 3.8) is 0 Å². The van der Waals surface area contributed by atoms with Gasteiger partial charge in [-0.3, -0.25) is 4.79 Å². The van der Waals surface area contributed by atoms with E-state index in [1.165, 1.54) is 0 Å². The number of benzene rings is 1. The Labute approximate surface area is 119 Å². The predicted octanol–water partition coefficient (Wildman–Crippen LogP) is 2.08. The molecular formula is C15H20N4O. The smallest absolute Gasteiger partial charge is 0.255 e. The van der Waals surface area contributed by atoms with Crippen molar-refractivity contribution in [1.29, 1.82) is 0 Å². The van der Waals surface area contributed by atoms with Crippen molar-refractivity contribution in [3.05, 3.63) is 40.7 Å². The van der Waals surface area contributed by atoms with Crippen molar-refractivity contribution in [2.45, 2.75) is 20.8 Å². The SMILES string of the molecule is Cc1nn(-c2cc(N)ccc2C(=O)N(C)C)c(C)c1C. The third kappa shape index (κ3) is 2.27. The molecule has 0 saturated carbocycles. The molecule has 1 aromatic carbocycles. The molecule has 0 spiro atoms. The molecule has 0 aliphatic carbocycles. The van der Waals surface area contributed by atoms with Crippen molar-refractivity contribution in [3.8, 4) is 5.69 Å². The first-order valence-electron chi connectivity index (χ1n) is 6.47. The highest BCUT2D eigenvalue weighted by Crippen LogP contribution is 2.23. The molecule has 5 nitrogen and oxygen atoms in total. The highest BCUT2D eigenvalue weighted by Gasteiger charge is 2.18. The lowest BCUT2D eigenvalue weighted by atomic mass is 10.1. The third-order valence-electron chi connectivity index (χ3n) is 3.54. The van der Waals surface area contributed by atoms with Crippen LogP contribution in [0.25, 0.3) is 5.69 Å². The minimum atomic E-state index is -0.0646. The molecule has 1 amide bonds. The molecular weight excluding hydrogens is 252 g/mol. The Morgan fingerprint density at radius 2 is 1.90 bits per heavy atom. The summed E-state index contributed by atoms with van der Waals surface area (Å²) >= 11 is 0. The van der Waals surface area contributed by atoms with Gasteiger partial charge in [-0.2, -0.15) is 5.10 Å². The van der Waals surface area contributed by atoms with Crippen LogP contribution in [0.15, 0.2) is 18.2 Å². The quantitative estimate of drug-likeness (QED) is 0.851. The van der Waals surface area contributed by atoms with Crippen molar-refractivity contribution in [1.82, 2.24) is 14.7 Å². The van der Waals surface area contributed by atoms with E-state index in [1.54, 1.807) is 41.9 Å². The molecule has 2 N–H and O–H groups in total. The second-order valence-corrected chi connectivity index (χ2v) is 5.18. The maximum absolute atomic E-state index is 12.3. The number of carbonyl (C=O) groups excluding carboxylic acids is 1. The predicted molar refractivity (Wildman–Crippen MR) is 80.2 cm³/mol. The molecule has 0 fully saturated rings. The Morgan fingerprint density at radius 3 is 2.40 bits per heavy atom. The number of rotatable bonds is 2. The van der Waals surface area contributed by atoms with Gasteiger partial charge in [-0.25, -0.2) is 4.68 Å². The van der Waals surface area contributed by atoms with Crippen LogP contribution >= 0.6 is 0 Å². The number of nitrogens with zero attached hydrogens (tertiary/aromatic N) is 3. The van der Waals surface area contributed by atoms with Crippen molar-refractivity contribution >= 4 is 11.6 Å². The summed E-state index contributed by atoms with van der Waals surface area (Å²) in [5.74, 6) is -0.0646. The summed E-state index contributed by atoms with van der Waals surface area (Å²) in [5.41, 5.74) is 10.9. The fourth-order valence-electron chi connectivity index (χ4n) is 2.10. The molecule has 1 heterocycles. The Morgan fingerprint density at radius 1 is 1.25 bits per heavy atom. The summed E-state index contributed by atoms with van der Waals surface area (Å²) < 4.78 is 1.79. The number of hydrogen-bond acceptors (Lipinski definition) is 3. The normalized spacial score (nSPS) is 10.7. The van der Waals surface area contributed by atoms with E-state index in [9.17, 15) is 4.79 Å². The first kappa shape index (κ1) is 14.1. The van der Waals surface area contributed by atoms with Crippen molar-refractivity contribution < 1.29 is 4.79 Å². The second-order valence-electron chi connectivity index (χ2n) is 5.18. The van der Waals surface area contributed by atoms with Crippen LogP contribution in [0.2, 0.25) is 0 Å². The Hall–Kier alpha value is -2.30. The maximum atomic E-state index is 12.3. The van der Waals surface area contributed by atoms with E-state index < -0.39 is 0 Å². The topological polar surface area (TPSA) is 64.2 Å². The maximum Gasteiger partial charge on any atom is 0.255 e. The van der Waals surface area contributed by atoms with Crippen molar-refractivity contribution in [2.24, 2.45) is 0 Å². The second kappa shape index (κ2) is 5.00. The number of aromatic nitrogens is 2. The lowest BCUT2D eigenvalue weighted by Gasteiger charge is -2.15. The van der Waals surface area contributed by atoms with Crippen LogP contribution in [0.4, 0.5) is 5.69 Å². The van der Waals surface area contributed by atoms with Gasteiger partial charge in [0.05, 0.1) is 16.9 Å². The highest BCUT2D eigenvalue weighted by molar-refractivity contribution is 5.98. The van der Waals surface area contributed by atoms with E-state index in [-0.39, 0.29) is 5.91 Å². The number of aryl methyl sites for hydroxylation is 1. The molecule has 0 radical (unpaired) electrons. The zero-order chi connectivity index (χ0) is 15.0. The molecule has 5 heteroatoms. The van der Waals surface area contributed by atoms with Crippen LogP contribution in [0, 0.1) is 20.8 Å². The van der Waals surface area contributed by atoms with Gasteiger partial charge in [-0.05, 0) is 44.5 Å². The van der Waals surface area contributed by atoms with Crippen LogP contribution in [0.1, 0.15) is 27.3 Å². The lowest BCUT2D eigenvalue weighted by molar-refractivity contribution is 0.0827. The Kier molecular flexibility index (Phi) is 3.53. The van der Waals surface area contributed by atoms with Gasteiger partial charge >= 0.3 is 0 Å². The van der Waals surface area contributed by atoms with Crippen LogP contribution in [0.3, 0.4) is 0 Å². The summed E-state index contributed by atoms with van der Waals surface area (Å²) in [6.07, 6.45) is 0. The average Bonchev–Trinajstić information content (AvgIpc) is 2.65. The summed E-state index contributed by atoms with van der Waals surface area (Å²) in [6.45, 7) is 5.97.